The highest BCUT2D eigenvalue weighted by molar-refractivity contribution is 7.98. The summed E-state index contributed by atoms with van der Waals surface area (Å²) in [4.78, 5) is 14.9. The molecule has 2 rings (SSSR count). The summed E-state index contributed by atoms with van der Waals surface area (Å²) in [6.45, 7) is 0.381. The van der Waals surface area contributed by atoms with Gasteiger partial charge in [-0.3, -0.25) is 4.79 Å². The largest absolute Gasteiger partial charge is 0.376 e. The number of anilines is 1. The minimum atomic E-state index is 0.168. The number of carbonyl (C=O) groups excluding carboxylic acids is 1. The molecule has 1 saturated carbocycles. The van der Waals surface area contributed by atoms with E-state index in [2.05, 4.69) is 23.7 Å². The van der Waals surface area contributed by atoms with Crippen LogP contribution in [-0.4, -0.2) is 36.7 Å². The molecule has 0 spiro atoms. The lowest BCUT2D eigenvalue weighted by Gasteiger charge is -2.16. The van der Waals surface area contributed by atoms with Gasteiger partial charge in [-0.15, -0.1) is 11.8 Å². The molecule has 4 heteroatoms. The van der Waals surface area contributed by atoms with Gasteiger partial charge in [0.05, 0.1) is 6.54 Å². The van der Waals surface area contributed by atoms with E-state index in [1.165, 1.54) is 4.90 Å². The molecule has 1 aliphatic carbocycles. The second kappa shape index (κ2) is 5.45. The van der Waals surface area contributed by atoms with Crippen LogP contribution in [0.3, 0.4) is 0 Å². The molecule has 1 aromatic rings. The van der Waals surface area contributed by atoms with Crippen molar-refractivity contribution in [1.29, 1.82) is 0 Å². The Hall–Kier alpha value is -1.16. The van der Waals surface area contributed by atoms with Crippen LogP contribution < -0.4 is 5.32 Å². The molecule has 0 unspecified atom stereocenters. The van der Waals surface area contributed by atoms with Crippen LogP contribution in [0.4, 0.5) is 5.69 Å². The Balaban J connectivity index is 1.82. The number of hydrogen-bond donors (Lipinski definition) is 1. The Morgan fingerprint density at radius 3 is 2.59 bits per heavy atom. The molecule has 0 heterocycles. The molecule has 0 saturated heterocycles. The van der Waals surface area contributed by atoms with Crippen LogP contribution in [0.25, 0.3) is 0 Å². The molecule has 0 aliphatic heterocycles. The van der Waals surface area contributed by atoms with Gasteiger partial charge in [-0.05, 0) is 43.4 Å². The lowest BCUT2D eigenvalue weighted by Crippen LogP contribution is -2.33. The third kappa shape index (κ3) is 3.40. The van der Waals surface area contributed by atoms with Crippen molar-refractivity contribution in [3.05, 3.63) is 24.3 Å². The number of thioether (sulfide) groups is 1. The van der Waals surface area contributed by atoms with Gasteiger partial charge in [0, 0.05) is 23.7 Å². The molecular weight excluding hydrogens is 232 g/mol. The third-order valence-corrected chi connectivity index (χ3v) is 3.77. The molecule has 0 radical (unpaired) electrons. The van der Waals surface area contributed by atoms with E-state index in [1.54, 1.807) is 11.8 Å². The number of nitrogens with one attached hydrogen (secondary N) is 1. The molecule has 0 atom stereocenters. The molecule has 1 aromatic carbocycles. The zero-order chi connectivity index (χ0) is 12.3. The van der Waals surface area contributed by atoms with Crippen molar-refractivity contribution >= 4 is 23.4 Å². The highest BCUT2D eigenvalue weighted by Gasteiger charge is 2.29. The summed E-state index contributed by atoms with van der Waals surface area (Å²) in [7, 11) is 1.89. The van der Waals surface area contributed by atoms with Crippen LogP contribution in [0.2, 0.25) is 0 Å². The van der Waals surface area contributed by atoms with E-state index in [4.69, 9.17) is 0 Å². The maximum Gasteiger partial charge on any atom is 0.241 e. The van der Waals surface area contributed by atoms with Gasteiger partial charge >= 0.3 is 0 Å². The minimum absolute atomic E-state index is 0.168. The first-order valence-electron chi connectivity index (χ1n) is 5.84. The first-order valence-corrected chi connectivity index (χ1v) is 7.07. The highest BCUT2D eigenvalue weighted by Crippen LogP contribution is 2.25. The molecule has 1 N–H and O–H groups in total. The summed E-state index contributed by atoms with van der Waals surface area (Å²) in [5, 5.41) is 3.16. The van der Waals surface area contributed by atoms with Gasteiger partial charge < -0.3 is 10.2 Å². The van der Waals surface area contributed by atoms with E-state index < -0.39 is 0 Å². The fourth-order valence-electron chi connectivity index (χ4n) is 1.68. The van der Waals surface area contributed by atoms with E-state index in [1.807, 2.05) is 24.1 Å². The van der Waals surface area contributed by atoms with Crippen LogP contribution in [0.1, 0.15) is 12.8 Å². The van der Waals surface area contributed by atoms with Crippen LogP contribution in [0.5, 0.6) is 0 Å². The van der Waals surface area contributed by atoms with Gasteiger partial charge in [0.25, 0.3) is 0 Å². The maximum atomic E-state index is 11.8. The van der Waals surface area contributed by atoms with Gasteiger partial charge in [0.1, 0.15) is 0 Å². The SMILES string of the molecule is CSc1ccc(NCC(=O)N(C)C2CC2)cc1. The molecule has 0 bridgehead atoms. The average molecular weight is 250 g/mol. The molecule has 17 heavy (non-hydrogen) atoms. The fourth-order valence-corrected chi connectivity index (χ4v) is 2.08. The zero-order valence-corrected chi connectivity index (χ0v) is 11.1. The zero-order valence-electron chi connectivity index (χ0n) is 10.3. The highest BCUT2D eigenvalue weighted by atomic mass is 32.2. The van der Waals surface area contributed by atoms with Crippen molar-refractivity contribution in [3.8, 4) is 0 Å². The summed E-state index contributed by atoms with van der Waals surface area (Å²) in [5.41, 5.74) is 1.00. The molecule has 92 valence electrons. The summed E-state index contributed by atoms with van der Waals surface area (Å²) >= 11 is 1.72. The first kappa shape index (κ1) is 12.3. The number of benzene rings is 1. The lowest BCUT2D eigenvalue weighted by atomic mass is 10.3. The van der Waals surface area contributed by atoms with Crippen molar-refractivity contribution in [2.45, 2.75) is 23.8 Å². The van der Waals surface area contributed by atoms with Gasteiger partial charge in [-0.2, -0.15) is 0 Å². The summed E-state index contributed by atoms with van der Waals surface area (Å²) in [6, 6.07) is 8.62. The van der Waals surface area contributed by atoms with E-state index in [9.17, 15) is 4.79 Å². The number of carbonyl (C=O) groups is 1. The normalized spacial score (nSPS) is 14.5. The lowest BCUT2D eigenvalue weighted by molar-refractivity contribution is -0.128. The van der Waals surface area contributed by atoms with Gasteiger partial charge in [-0.25, -0.2) is 0 Å². The topological polar surface area (TPSA) is 32.3 Å². The number of hydrogen-bond acceptors (Lipinski definition) is 3. The maximum absolute atomic E-state index is 11.8. The molecule has 0 aromatic heterocycles. The first-order chi connectivity index (χ1) is 8.20. The average Bonchev–Trinajstić information content (AvgIpc) is 3.20. The Morgan fingerprint density at radius 2 is 2.06 bits per heavy atom. The van der Waals surface area contributed by atoms with E-state index >= 15 is 0 Å². The second-order valence-electron chi connectivity index (χ2n) is 4.32. The van der Waals surface area contributed by atoms with Gasteiger partial charge in [0.15, 0.2) is 0 Å². The van der Waals surface area contributed by atoms with Crippen molar-refractivity contribution in [2.24, 2.45) is 0 Å². The summed E-state index contributed by atoms with van der Waals surface area (Å²) in [5.74, 6) is 0.168. The summed E-state index contributed by atoms with van der Waals surface area (Å²) in [6.07, 6.45) is 4.37. The Labute approximate surface area is 107 Å². The van der Waals surface area contributed by atoms with Crippen molar-refractivity contribution in [1.82, 2.24) is 4.90 Å². The standard InChI is InChI=1S/C13H18N2OS/c1-15(11-5-6-11)13(16)9-14-10-3-7-12(17-2)8-4-10/h3-4,7-8,11,14H,5-6,9H2,1-2H3. The smallest absolute Gasteiger partial charge is 0.241 e. The van der Waals surface area contributed by atoms with E-state index in [0.29, 0.717) is 12.6 Å². The van der Waals surface area contributed by atoms with Crippen LogP contribution in [0, 0.1) is 0 Å². The number of amides is 1. The van der Waals surface area contributed by atoms with E-state index in [0.717, 1.165) is 18.5 Å². The Kier molecular flexibility index (Phi) is 3.94. The van der Waals surface area contributed by atoms with Crippen molar-refractivity contribution in [3.63, 3.8) is 0 Å². The molecule has 1 fully saturated rings. The van der Waals surface area contributed by atoms with Crippen LogP contribution >= 0.6 is 11.8 Å². The van der Waals surface area contributed by atoms with Crippen LogP contribution in [-0.2, 0) is 4.79 Å². The second-order valence-corrected chi connectivity index (χ2v) is 5.20. The molecule has 1 aliphatic rings. The van der Waals surface area contributed by atoms with E-state index in [-0.39, 0.29) is 5.91 Å². The predicted octanol–water partition coefficient (Wildman–Crippen LogP) is 2.44. The molecule has 3 nitrogen and oxygen atoms in total. The quantitative estimate of drug-likeness (QED) is 0.815. The number of nitrogens with zero attached hydrogens (tertiary/aromatic N) is 1. The fraction of sp³-hybridized carbons (Fsp3) is 0.462. The van der Waals surface area contributed by atoms with Gasteiger partial charge in [0.2, 0.25) is 5.91 Å². The Bertz CT molecular complexity index is 387. The predicted molar refractivity (Wildman–Crippen MR) is 72.5 cm³/mol. The van der Waals surface area contributed by atoms with Crippen LogP contribution in [0.15, 0.2) is 29.2 Å². The number of likely N-dealkylation sites (N-methyl/N-ethyl adjacent to an activating group) is 1. The number of rotatable bonds is 5. The Morgan fingerprint density at radius 1 is 1.41 bits per heavy atom. The molecular formula is C13H18N2OS. The van der Waals surface area contributed by atoms with Gasteiger partial charge in [-0.1, -0.05) is 0 Å². The van der Waals surface area contributed by atoms with Crippen molar-refractivity contribution in [2.75, 3.05) is 25.2 Å². The summed E-state index contributed by atoms with van der Waals surface area (Å²) < 4.78 is 0. The third-order valence-electron chi connectivity index (χ3n) is 3.02. The minimum Gasteiger partial charge on any atom is -0.376 e. The molecule has 1 amide bonds. The monoisotopic (exact) mass is 250 g/mol. The van der Waals surface area contributed by atoms with Crippen molar-refractivity contribution < 1.29 is 4.79 Å².